The van der Waals surface area contributed by atoms with Gasteiger partial charge in [0.15, 0.2) is 9.91 Å². The van der Waals surface area contributed by atoms with Gasteiger partial charge < -0.3 is 5.32 Å². The van der Waals surface area contributed by atoms with Gasteiger partial charge in [-0.3, -0.25) is 9.79 Å². The fraction of sp³-hybridized carbons (Fsp3) is 0.316. The molecule has 1 saturated heterocycles. The molecule has 1 aromatic heterocycles. The number of aliphatic imine (C=N–C) groups is 1. The van der Waals surface area contributed by atoms with E-state index in [1.165, 1.54) is 37.4 Å². The lowest BCUT2D eigenvalue weighted by molar-refractivity contribution is -0.132. The Kier molecular flexibility index (Phi) is 5.86. The van der Waals surface area contributed by atoms with Crippen molar-refractivity contribution in [3.05, 3.63) is 64.1 Å². The first-order valence-corrected chi connectivity index (χ1v) is 10.0. The first-order valence-electron chi connectivity index (χ1n) is 8.43. The van der Waals surface area contributed by atoms with Crippen LogP contribution in [0.15, 0.2) is 52.2 Å². The van der Waals surface area contributed by atoms with Gasteiger partial charge in [-0.15, -0.1) is 0 Å². The van der Waals surface area contributed by atoms with Crippen LogP contribution in [0.1, 0.15) is 30.9 Å². The third-order valence-corrected chi connectivity index (χ3v) is 6.30. The van der Waals surface area contributed by atoms with Crippen LogP contribution in [0.5, 0.6) is 0 Å². The number of carbonyl (C=O) groups is 1. The van der Waals surface area contributed by atoms with Crippen LogP contribution < -0.4 is 5.32 Å². The van der Waals surface area contributed by atoms with Crippen molar-refractivity contribution in [3.63, 3.8) is 0 Å². The Balaban J connectivity index is 1.78. The second-order valence-electron chi connectivity index (χ2n) is 6.63. The number of pyridine rings is 1. The highest BCUT2D eigenvalue weighted by molar-refractivity contribution is 9.10. The number of amidine groups is 1. The van der Waals surface area contributed by atoms with Crippen molar-refractivity contribution in [1.82, 2.24) is 10.3 Å². The number of alkyl halides is 2. The molecule has 0 aliphatic carbocycles. The number of aromatic nitrogens is 1. The topological polar surface area (TPSA) is 54.4 Å². The van der Waals surface area contributed by atoms with Crippen molar-refractivity contribution in [1.29, 1.82) is 0 Å². The number of nitrogens with zero attached hydrogens (tertiary/aromatic N) is 2. The predicted octanol–water partition coefficient (Wildman–Crippen LogP) is 4.86. The number of nitrogens with one attached hydrogen (secondary N) is 1. The number of thioether (sulfide) groups is 1. The highest BCUT2D eigenvalue weighted by atomic mass is 79.9. The minimum atomic E-state index is -3.44. The number of halogens is 4. The third-order valence-electron chi connectivity index (χ3n) is 4.59. The molecule has 0 bridgehead atoms. The van der Waals surface area contributed by atoms with Crippen LogP contribution in [0.2, 0.25) is 0 Å². The number of carbonyl (C=O) groups excluding carboxylic acids is 1. The first-order chi connectivity index (χ1) is 13.1. The first kappa shape index (κ1) is 20.9. The molecule has 2 atom stereocenters. The number of hydrogen-bond donors (Lipinski definition) is 1. The van der Waals surface area contributed by atoms with Gasteiger partial charge in [-0.2, -0.15) is 8.78 Å². The molecule has 148 valence electrons. The standard InChI is InChI=1S/C19H17BrF3N3OS/c1-11(12-3-5-14(21)6-4-12)10-25-17-26-16(27)18(2,28-17)19(22,23)13-7-8-24-15(20)9-13/h3-9,11H,10H2,1-2H3,(H,25,26,27)/t11-,18?/m1/s1. The normalized spacial score (nSPS) is 22.4. The lowest BCUT2D eigenvalue weighted by Gasteiger charge is -2.30. The molecule has 1 unspecified atom stereocenters. The summed E-state index contributed by atoms with van der Waals surface area (Å²) >= 11 is 3.79. The summed E-state index contributed by atoms with van der Waals surface area (Å²) in [6.07, 6.45) is 1.26. The Hall–Kier alpha value is -1.87. The van der Waals surface area contributed by atoms with E-state index in [0.717, 1.165) is 5.56 Å². The maximum Gasteiger partial charge on any atom is 0.296 e. The molecule has 0 radical (unpaired) electrons. The van der Waals surface area contributed by atoms with Crippen LogP contribution in [0.25, 0.3) is 0 Å². The van der Waals surface area contributed by atoms with Crippen molar-refractivity contribution < 1.29 is 18.0 Å². The van der Waals surface area contributed by atoms with E-state index in [9.17, 15) is 9.18 Å². The fourth-order valence-electron chi connectivity index (χ4n) is 2.75. The van der Waals surface area contributed by atoms with Crippen molar-refractivity contribution in [2.24, 2.45) is 4.99 Å². The van der Waals surface area contributed by atoms with Crippen LogP contribution in [-0.2, 0) is 10.7 Å². The zero-order valence-electron chi connectivity index (χ0n) is 15.0. The van der Waals surface area contributed by atoms with E-state index in [0.29, 0.717) is 11.8 Å². The van der Waals surface area contributed by atoms with Crippen molar-refractivity contribution in [2.45, 2.75) is 30.4 Å². The van der Waals surface area contributed by atoms with Gasteiger partial charge in [-0.1, -0.05) is 30.8 Å². The van der Waals surface area contributed by atoms with Crippen molar-refractivity contribution in [3.8, 4) is 0 Å². The monoisotopic (exact) mass is 471 g/mol. The molecule has 9 heteroatoms. The Morgan fingerprint density at radius 1 is 1.32 bits per heavy atom. The number of amides is 1. The molecule has 1 amide bonds. The summed E-state index contributed by atoms with van der Waals surface area (Å²) in [5, 5.41) is 2.61. The van der Waals surface area contributed by atoms with Gasteiger partial charge in [0.05, 0.1) is 0 Å². The average molecular weight is 472 g/mol. The van der Waals surface area contributed by atoms with E-state index >= 15 is 8.78 Å². The second-order valence-corrected chi connectivity index (χ2v) is 8.85. The second kappa shape index (κ2) is 7.87. The summed E-state index contributed by atoms with van der Waals surface area (Å²) in [5.41, 5.74) is 0.565. The summed E-state index contributed by atoms with van der Waals surface area (Å²) in [4.78, 5) is 20.5. The summed E-state index contributed by atoms with van der Waals surface area (Å²) in [7, 11) is 0. The molecule has 1 aliphatic rings. The van der Waals surface area contributed by atoms with Gasteiger partial charge in [0.2, 0.25) is 5.91 Å². The van der Waals surface area contributed by atoms with Crippen LogP contribution >= 0.6 is 27.7 Å². The smallest absolute Gasteiger partial charge is 0.296 e. The Morgan fingerprint density at radius 3 is 2.64 bits per heavy atom. The van der Waals surface area contributed by atoms with Gasteiger partial charge in [-0.05, 0) is 52.7 Å². The predicted molar refractivity (Wildman–Crippen MR) is 107 cm³/mol. The van der Waals surface area contributed by atoms with Gasteiger partial charge in [-0.25, -0.2) is 9.37 Å². The highest BCUT2D eigenvalue weighted by Gasteiger charge is 2.61. The number of hydrogen-bond acceptors (Lipinski definition) is 4. The summed E-state index contributed by atoms with van der Waals surface area (Å²) < 4.78 is 41.5. The van der Waals surface area contributed by atoms with E-state index < -0.39 is 16.6 Å². The lowest BCUT2D eigenvalue weighted by atomic mass is 9.95. The number of benzene rings is 1. The van der Waals surface area contributed by atoms with Crippen LogP contribution in [0.4, 0.5) is 13.2 Å². The molecule has 1 fully saturated rings. The zero-order chi connectivity index (χ0) is 20.5. The molecule has 1 aliphatic heterocycles. The van der Waals surface area contributed by atoms with Gasteiger partial charge >= 0.3 is 0 Å². The minimum absolute atomic E-state index is 0.0610. The lowest BCUT2D eigenvalue weighted by Crippen LogP contribution is -2.47. The van der Waals surface area contributed by atoms with E-state index in [1.807, 2.05) is 6.92 Å². The largest absolute Gasteiger partial charge is 0.304 e. The van der Waals surface area contributed by atoms with E-state index in [4.69, 9.17) is 0 Å². The van der Waals surface area contributed by atoms with Gasteiger partial charge in [0.1, 0.15) is 10.4 Å². The summed E-state index contributed by atoms with van der Waals surface area (Å²) in [6, 6.07) is 8.41. The van der Waals surface area contributed by atoms with Crippen molar-refractivity contribution in [2.75, 3.05) is 6.54 Å². The average Bonchev–Trinajstić information content (AvgIpc) is 2.96. The molecular weight excluding hydrogens is 455 g/mol. The molecule has 2 heterocycles. The number of rotatable bonds is 5. The van der Waals surface area contributed by atoms with E-state index in [2.05, 4.69) is 31.2 Å². The van der Waals surface area contributed by atoms with Crippen molar-refractivity contribution >= 4 is 38.8 Å². The fourth-order valence-corrected chi connectivity index (χ4v) is 4.17. The quantitative estimate of drug-likeness (QED) is 0.633. The van der Waals surface area contributed by atoms with Gasteiger partial charge in [0, 0.05) is 24.2 Å². The van der Waals surface area contributed by atoms with Crippen LogP contribution in [0, 0.1) is 5.82 Å². The Morgan fingerprint density at radius 2 is 2.00 bits per heavy atom. The maximum atomic E-state index is 15.1. The van der Waals surface area contributed by atoms with Crippen LogP contribution in [-0.4, -0.2) is 27.4 Å². The zero-order valence-corrected chi connectivity index (χ0v) is 17.5. The minimum Gasteiger partial charge on any atom is -0.304 e. The maximum absolute atomic E-state index is 15.1. The molecule has 0 spiro atoms. The molecule has 0 saturated carbocycles. The Labute approximate surface area is 173 Å². The van der Waals surface area contributed by atoms with Crippen LogP contribution in [0.3, 0.4) is 0 Å². The Bertz CT molecular complexity index is 923. The molecule has 2 aromatic rings. The van der Waals surface area contributed by atoms with E-state index in [1.54, 1.807) is 12.1 Å². The van der Waals surface area contributed by atoms with E-state index in [-0.39, 0.29) is 33.6 Å². The molecule has 28 heavy (non-hydrogen) atoms. The SMILES string of the molecule is C[C@H](CN=C1NC(=O)C(C)(C(F)(F)c2ccnc(Br)c2)S1)c1ccc(F)cc1. The summed E-state index contributed by atoms with van der Waals surface area (Å²) in [5.74, 6) is -4.63. The molecule has 1 aromatic carbocycles. The molecule has 1 N–H and O–H groups in total. The molecule has 3 rings (SSSR count). The third kappa shape index (κ3) is 3.96. The van der Waals surface area contributed by atoms with Gasteiger partial charge in [0.25, 0.3) is 5.92 Å². The molecule has 4 nitrogen and oxygen atoms in total. The summed E-state index contributed by atoms with van der Waals surface area (Å²) in [6.45, 7) is 3.37. The molecular formula is C19H17BrF3N3OS. The highest BCUT2D eigenvalue weighted by Crippen LogP contribution is 2.50.